The second-order valence-corrected chi connectivity index (χ2v) is 9.16. The predicted molar refractivity (Wildman–Crippen MR) is 131 cm³/mol. The van der Waals surface area contributed by atoms with Crippen molar-refractivity contribution in [3.8, 4) is 11.1 Å². The summed E-state index contributed by atoms with van der Waals surface area (Å²) in [6.07, 6.45) is -0.160. The van der Waals surface area contributed by atoms with Gasteiger partial charge in [-0.15, -0.1) is 0 Å². The molecule has 2 aromatic rings. The van der Waals surface area contributed by atoms with Gasteiger partial charge in [0, 0.05) is 12.0 Å². The molecule has 3 N–H and O–H groups in total. The molecule has 7 heteroatoms. The number of ether oxygens (including phenoxy) is 1. The van der Waals surface area contributed by atoms with Gasteiger partial charge in [0.2, 0.25) is 5.91 Å². The van der Waals surface area contributed by atoms with Gasteiger partial charge in [0.05, 0.1) is 6.42 Å². The molecule has 0 fully saturated rings. The third-order valence-electron chi connectivity index (χ3n) is 6.84. The van der Waals surface area contributed by atoms with E-state index >= 15 is 0 Å². The van der Waals surface area contributed by atoms with Crippen molar-refractivity contribution in [3.63, 3.8) is 0 Å². The molecule has 0 spiro atoms. The zero-order valence-corrected chi connectivity index (χ0v) is 20.3. The van der Waals surface area contributed by atoms with Gasteiger partial charge in [0.15, 0.2) is 0 Å². The lowest BCUT2D eigenvalue weighted by Gasteiger charge is -2.33. The molecular formula is C27H34N2O5. The Morgan fingerprint density at radius 3 is 1.97 bits per heavy atom. The van der Waals surface area contributed by atoms with Gasteiger partial charge < -0.3 is 20.5 Å². The van der Waals surface area contributed by atoms with Crippen LogP contribution in [0.1, 0.15) is 64.0 Å². The number of hydrogen-bond donors (Lipinski definition) is 3. The van der Waals surface area contributed by atoms with E-state index < -0.39 is 29.6 Å². The number of carbonyl (C=O) groups excluding carboxylic acids is 2. The topological polar surface area (TPSA) is 105 Å². The number of carbonyl (C=O) groups is 3. The van der Waals surface area contributed by atoms with E-state index in [0.717, 1.165) is 22.3 Å². The number of rotatable bonds is 10. The first-order chi connectivity index (χ1) is 16.2. The molecule has 2 amide bonds. The van der Waals surface area contributed by atoms with Crippen LogP contribution in [-0.2, 0) is 14.3 Å². The molecule has 34 heavy (non-hydrogen) atoms. The summed E-state index contributed by atoms with van der Waals surface area (Å²) in [5, 5.41) is 14.8. The number of amides is 2. The van der Waals surface area contributed by atoms with E-state index in [1.807, 2.05) is 64.1 Å². The Kier molecular flexibility index (Phi) is 7.97. The molecule has 0 aromatic heterocycles. The second kappa shape index (κ2) is 10.7. The van der Waals surface area contributed by atoms with E-state index in [1.165, 1.54) is 0 Å². The maximum atomic E-state index is 13.2. The summed E-state index contributed by atoms with van der Waals surface area (Å²) in [5.41, 5.74) is 3.32. The molecule has 0 bridgehead atoms. The van der Waals surface area contributed by atoms with Crippen LogP contribution in [0.15, 0.2) is 48.5 Å². The molecule has 1 aliphatic rings. The largest absolute Gasteiger partial charge is 0.481 e. The Hall–Kier alpha value is -3.35. The molecule has 0 saturated carbocycles. The monoisotopic (exact) mass is 466 g/mol. The minimum atomic E-state index is -1.19. The van der Waals surface area contributed by atoms with Crippen LogP contribution in [0.25, 0.3) is 11.1 Å². The number of fused-ring (bicyclic) bond motifs is 3. The highest BCUT2D eigenvalue weighted by Gasteiger charge is 2.39. The van der Waals surface area contributed by atoms with Crippen LogP contribution in [0.2, 0.25) is 0 Å². The first-order valence-electron chi connectivity index (χ1n) is 11.9. The van der Waals surface area contributed by atoms with Crippen LogP contribution < -0.4 is 10.6 Å². The fourth-order valence-electron chi connectivity index (χ4n) is 4.58. The van der Waals surface area contributed by atoms with Crippen molar-refractivity contribution >= 4 is 18.0 Å². The lowest BCUT2D eigenvalue weighted by Crippen LogP contribution is -2.60. The summed E-state index contributed by atoms with van der Waals surface area (Å²) in [4.78, 5) is 37.2. The highest BCUT2D eigenvalue weighted by molar-refractivity contribution is 5.90. The van der Waals surface area contributed by atoms with Gasteiger partial charge in [-0.2, -0.15) is 0 Å². The minimum Gasteiger partial charge on any atom is -0.481 e. The molecule has 7 nitrogen and oxygen atoms in total. The summed E-state index contributed by atoms with van der Waals surface area (Å²) in [7, 11) is 0. The summed E-state index contributed by atoms with van der Waals surface area (Å²) in [5.74, 6) is -1.53. The molecular weight excluding hydrogens is 432 g/mol. The molecule has 3 rings (SSSR count). The Labute approximate surface area is 200 Å². The zero-order valence-electron chi connectivity index (χ0n) is 20.3. The van der Waals surface area contributed by atoms with Crippen LogP contribution in [0.5, 0.6) is 0 Å². The van der Waals surface area contributed by atoms with Crippen molar-refractivity contribution in [2.24, 2.45) is 5.92 Å². The molecule has 1 unspecified atom stereocenters. The Balaban J connectivity index is 1.71. The molecule has 0 saturated heterocycles. The van der Waals surface area contributed by atoms with E-state index in [-0.39, 0.29) is 24.9 Å². The lowest BCUT2D eigenvalue weighted by atomic mass is 9.90. The van der Waals surface area contributed by atoms with Gasteiger partial charge >= 0.3 is 12.1 Å². The van der Waals surface area contributed by atoms with Gasteiger partial charge in [0.1, 0.15) is 12.1 Å². The van der Waals surface area contributed by atoms with Gasteiger partial charge in [-0.3, -0.25) is 9.59 Å². The standard InChI is InChI=1S/C27H34N2O5/c1-5-27(6-2,25(32)28-23(17(3)4)15-24(30)31)29-26(33)34-16-22-20-13-9-7-11-18(20)19-12-8-10-14-21(19)22/h7-14,17,22-23H,5-6,15-16H2,1-4H3,(H,28,32)(H,29,33)(H,30,31). The lowest BCUT2D eigenvalue weighted by molar-refractivity contribution is -0.138. The maximum Gasteiger partial charge on any atom is 0.408 e. The third-order valence-corrected chi connectivity index (χ3v) is 6.84. The highest BCUT2D eigenvalue weighted by atomic mass is 16.5. The fraction of sp³-hybridized carbons (Fsp3) is 0.444. The molecule has 1 atom stereocenters. The van der Waals surface area contributed by atoms with Crippen LogP contribution in [0.3, 0.4) is 0 Å². The smallest absolute Gasteiger partial charge is 0.408 e. The predicted octanol–water partition coefficient (Wildman–Crippen LogP) is 4.70. The molecule has 0 heterocycles. The molecule has 0 radical (unpaired) electrons. The van der Waals surface area contributed by atoms with E-state index in [4.69, 9.17) is 4.74 Å². The van der Waals surface area contributed by atoms with Crippen LogP contribution in [0, 0.1) is 5.92 Å². The summed E-state index contributed by atoms with van der Waals surface area (Å²) in [6, 6.07) is 15.6. The normalized spacial score (nSPS) is 13.7. The number of aliphatic carboxylic acids is 1. The van der Waals surface area contributed by atoms with Crippen LogP contribution in [-0.4, -0.2) is 41.3 Å². The average molecular weight is 467 g/mol. The number of nitrogens with one attached hydrogen (secondary N) is 2. The molecule has 0 aliphatic heterocycles. The van der Waals surface area contributed by atoms with E-state index in [0.29, 0.717) is 12.8 Å². The van der Waals surface area contributed by atoms with Crippen LogP contribution >= 0.6 is 0 Å². The Morgan fingerprint density at radius 2 is 1.50 bits per heavy atom. The summed E-state index contributed by atoms with van der Waals surface area (Å²) < 4.78 is 5.64. The highest BCUT2D eigenvalue weighted by Crippen LogP contribution is 2.44. The Bertz CT molecular complexity index is 999. The molecule has 2 aromatic carbocycles. The Morgan fingerprint density at radius 1 is 0.971 bits per heavy atom. The number of hydrogen-bond acceptors (Lipinski definition) is 4. The zero-order chi connectivity index (χ0) is 24.9. The SMILES string of the molecule is CCC(CC)(NC(=O)OCC1c2ccccc2-c2ccccc21)C(=O)NC(CC(=O)O)C(C)C. The van der Waals surface area contributed by atoms with Crippen molar-refractivity contribution in [2.45, 2.75) is 64.5 Å². The number of carboxylic acid groups (broad SMARTS) is 1. The van der Waals surface area contributed by atoms with E-state index in [1.54, 1.807) is 0 Å². The first-order valence-corrected chi connectivity index (χ1v) is 11.9. The average Bonchev–Trinajstić information content (AvgIpc) is 3.14. The minimum absolute atomic E-state index is 0.0686. The van der Waals surface area contributed by atoms with Crippen LogP contribution in [0.4, 0.5) is 4.79 Å². The summed E-state index contributed by atoms with van der Waals surface area (Å²) in [6.45, 7) is 7.49. The van der Waals surface area contributed by atoms with Crippen molar-refractivity contribution in [1.82, 2.24) is 10.6 Å². The van der Waals surface area contributed by atoms with Crippen molar-refractivity contribution in [1.29, 1.82) is 0 Å². The fourth-order valence-corrected chi connectivity index (χ4v) is 4.58. The summed E-state index contributed by atoms with van der Waals surface area (Å²) >= 11 is 0. The molecule has 1 aliphatic carbocycles. The van der Waals surface area contributed by atoms with E-state index in [2.05, 4.69) is 22.8 Å². The third kappa shape index (κ3) is 5.24. The van der Waals surface area contributed by atoms with Crippen molar-refractivity contribution < 1.29 is 24.2 Å². The van der Waals surface area contributed by atoms with Crippen molar-refractivity contribution in [2.75, 3.05) is 6.61 Å². The first kappa shape index (κ1) is 25.3. The van der Waals surface area contributed by atoms with Gasteiger partial charge in [-0.25, -0.2) is 4.79 Å². The van der Waals surface area contributed by atoms with Gasteiger partial charge in [0.25, 0.3) is 0 Å². The second-order valence-electron chi connectivity index (χ2n) is 9.16. The number of benzene rings is 2. The maximum absolute atomic E-state index is 13.2. The number of alkyl carbamates (subject to hydrolysis) is 1. The van der Waals surface area contributed by atoms with Crippen molar-refractivity contribution in [3.05, 3.63) is 59.7 Å². The molecule has 182 valence electrons. The quantitative estimate of drug-likeness (QED) is 0.471. The number of carboxylic acids is 1. The van der Waals surface area contributed by atoms with E-state index in [9.17, 15) is 19.5 Å². The van der Waals surface area contributed by atoms with Gasteiger partial charge in [-0.1, -0.05) is 76.2 Å². The van der Waals surface area contributed by atoms with Gasteiger partial charge in [-0.05, 0) is 41.0 Å².